The average Bonchev–Trinajstić information content (AvgIpc) is 3.35. The minimum Gasteiger partial charge on any atom is -0.478 e. The van der Waals surface area contributed by atoms with E-state index in [4.69, 9.17) is 5.11 Å². The Hall–Kier alpha value is -2.69. The fraction of sp³-hybridized carbons (Fsp3) is 0.263. The number of carboxylic acids is 1. The van der Waals surface area contributed by atoms with Crippen LogP contribution in [-0.2, 0) is 11.3 Å². The Balaban J connectivity index is 1.60. The van der Waals surface area contributed by atoms with Gasteiger partial charge in [0.25, 0.3) is 0 Å². The number of hydrogen-bond acceptors (Lipinski definition) is 2. The number of rotatable bonds is 5. The van der Waals surface area contributed by atoms with Crippen LogP contribution in [0.15, 0.2) is 48.5 Å². The molecule has 0 saturated heterocycles. The van der Waals surface area contributed by atoms with Crippen molar-refractivity contribution in [3.05, 3.63) is 71.0 Å². The van der Waals surface area contributed by atoms with Crippen molar-refractivity contribution >= 4 is 11.9 Å². The van der Waals surface area contributed by atoms with Crippen LogP contribution in [-0.4, -0.2) is 28.9 Å². The molecule has 0 heterocycles. The van der Waals surface area contributed by atoms with Crippen LogP contribution in [0, 0.1) is 11.7 Å². The largest absolute Gasteiger partial charge is 0.478 e. The smallest absolute Gasteiger partial charge is 0.335 e. The first-order valence-corrected chi connectivity index (χ1v) is 7.78. The molecule has 0 aliphatic heterocycles. The summed E-state index contributed by atoms with van der Waals surface area (Å²) in [7, 11) is 1.73. The third-order valence-corrected chi connectivity index (χ3v) is 4.38. The number of carboxylic acid groups (broad SMARTS) is 1. The SMILES string of the molecule is CN(Cc1ccc(C(=O)O)cc1)C(=O)[C@H]1C[C@@H]1c1cccc(F)c1. The first-order valence-electron chi connectivity index (χ1n) is 7.78. The summed E-state index contributed by atoms with van der Waals surface area (Å²) in [6.45, 7) is 0.422. The number of halogens is 1. The van der Waals surface area contributed by atoms with Crippen molar-refractivity contribution in [2.45, 2.75) is 18.9 Å². The lowest BCUT2D eigenvalue weighted by Crippen LogP contribution is -2.28. The van der Waals surface area contributed by atoms with Gasteiger partial charge in [0.15, 0.2) is 0 Å². The molecule has 0 radical (unpaired) electrons. The molecule has 1 fully saturated rings. The van der Waals surface area contributed by atoms with E-state index in [1.54, 1.807) is 30.1 Å². The first kappa shape index (κ1) is 16.2. The van der Waals surface area contributed by atoms with E-state index in [0.717, 1.165) is 17.5 Å². The lowest BCUT2D eigenvalue weighted by atomic mass is 10.1. The van der Waals surface area contributed by atoms with Gasteiger partial charge in [0.05, 0.1) is 5.56 Å². The van der Waals surface area contributed by atoms with Gasteiger partial charge in [0, 0.05) is 19.5 Å². The number of carbonyl (C=O) groups excluding carboxylic acids is 1. The van der Waals surface area contributed by atoms with Gasteiger partial charge in [-0.2, -0.15) is 0 Å². The maximum Gasteiger partial charge on any atom is 0.335 e. The predicted octanol–water partition coefficient (Wildman–Crippen LogP) is 3.29. The van der Waals surface area contributed by atoms with Crippen LogP contribution in [0.5, 0.6) is 0 Å². The number of hydrogen-bond donors (Lipinski definition) is 1. The highest BCUT2D eigenvalue weighted by Gasteiger charge is 2.45. The zero-order valence-electron chi connectivity index (χ0n) is 13.3. The Bertz CT molecular complexity index is 772. The molecule has 1 aliphatic rings. The summed E-state index contributed by atoms with van der Waals surface area (Å²) in [5.74, 6) is -1.23. The highest BCUT2D eigenvalue weighted by Crippen LogP contribution is 2.48. The van der Waals surface area contributed by atoms with Crippen molar-refractivity contribution in [1.29, 1.82) is 0 Å². The summed E-state index contributed by atoms with van der Waals surface area (Å²) in [6.07, 6.45) is 0.741. The number of nitrogens with zero attached hydrogens (tertiary/aromatic N) is 1. The van der Waals surface area contributed by atoms with Crippen LogP contribution in [0.25, 0.3) is 0 Å². The Morgan fingerprint density at radius 3 is 2.54 bits per heavy atom. The third kappa shape index (κ3) is 3.45. The summed E-state index contributed by atoms with van der Waals surface area (Å²) in [5, 5.41) is 8.89. The molecule has 1 N–H and O–H groups in total. The Labute approximate surface area is 139 Å². The quantitative estimate of drug-likeness (QED) is 0.917. The number of benzene rings is 2. The molecule has 1 aliphatic carbocycles. The molecule has 0 bridgehead atoms. The van der Waals surface area contributed by atoms with Crippen LogP contribution in [0.2, 0.25) is 0 Å². The highest BCUT2D eigenvalue weighted by molar-refractivity contribution is 5.87. The second kappa shape index (κ2) is 6.43. The first-order chi connectivity index (χ1) is 11.5. The number of aromatic carboxylic acids is 1. The molecule has 2 aromatic carbocycles. The van der Waals surface area contributed by atoms with Crippen LogP contribution >= 0.6 is 0 Å². The van der Waals surface area contributed by atoms with E-state index in [9.17, 15) is 14.0 Å². The van der Waals surface area contributed by atoms with E-state index < -0.39 is 5.97 Å². The Kier molecular flexibility index (Phi) is 4.34. The fourth-order valence-corrected chi connectivity index (χ4v) is 2.96. The normalized spacial score (nSPS) is 18.9. The molecular weight excluding hydrogens is 309 g/mol. The lowest BCUT2D eigenvalue weighted by molar-refractivity contribution is -0.131. The molecule has 124 valence electrons. The van der Waals surface area contributed by atoms with Gasteiger partial charge in [-0.05, 0) is 47.7 Å². The van der Waals surface area contributed by atoms with Gasteiger partial charge in [-0.3, -0.25) is 4.79 Å². The van der Waals surface area contributed by atoms with Gasteiger partial charge >= 0.3 is 5.97 Å². The highest BCUT2D eigenvalue weighted by atomic mass is 19.1. The van der Waals surface area contributed by atoms with Crippen molar-refractivity contribution in [1.82, 2.24) is 4.90 Å². The Morgan fingerprint density at radius 1 is 1.21 bits per heavy atom. The second-order valence-corrected chi connectivity index (χ2v) is 6.20. The summed E-state index contributed by atoms with van der Waals surface area (Å²) < 4.78 is 13.3. The Morgan fingerprint density at radius 2 is 1.92 bits per heavy atom. The van der Waals surface area contributed by atoms with Crippen molar-refractivity contribution in [2.24, 2.45) is 5.92 Å². The standard InChI is InChI=1S/C19H18FNO3/c1-21(11-12-5-7-13(8-6-12)19(23)24)18(22)17-10-16(17)14-3-2-4-15(20)9-14/h2-9,16-17H,10-11H2,1H3,(H,23,24)/t16-,17+/m1/s1. The average molecular weight is 327 g/mol. The van der Waals surface area contributed by atoms with E-state index in [1.165, 1.54) is 24.3 Å². The van der Waals surface area contributed by atoms with Gasteiger partial charge in [0.1, 0.15) is 5.82 Å². The maximum absolute atomic E-state index is 13.3. The molecule has 2 atom stereocenters. The van der Waals surface area contributed by atoms with Crippen molar-refractivity contribution < 1.29 is 19.1 Å². The summed E-state index contributed by atoms with van der Waals surface area (Å²) in [6, 6.07) is 12.9. The molecule has 1 amide bonds. The van der Waals surface area contributed by atoms with Gasteiger partial charge in [0.2, 0.25) is 5.91 Å². The molecule has 4 nitrogen and oxygen atoms in total. The lowest BCUT2D eigenvalue weighted by Gasteiger charge is -2.17. The van der Waals surface area contributed by atoms with Gasteiger partial charge in [-0.1, -0.05) is 24.3 Å². The molecule has 0 spiro atoms. The van der Waals surface area contributed by atoms with Crippen LogP contribution in [0.4, 0.5) is 4.39 Å². The molecule has 1 saturated carbocycles. The summed E-state index contributed by atoms with van der Waals surface area (Å²) in [4.78, 5) is 25.0. The van der Waals surface area contributed by atoms with Gasteiger partial charge in [-0.25, -0.2) is 9.18 Å². The van der Waals surface area contributed by atoms with E-state index in [0.29, 0.717) is 6.54 Å². The molecule has 24 heavy (non-hydrogen) atoms. The van der Waals surface area contributed by atoms with Crippen molar-refractivity contribution in [3.63, 3.8) is 0 Å². The summed E-state index contributed by atoms with van der Waals surface area (Å²) in [5.41, 5.74) is 1.97. The fourth-order valence-electron chi connectivity index (χ4n) is 2.96. The summed E-state index contributed by atoms with van der Waals surface area (Å²) >= 11 is 0. The van der Waals surface area contributed by atoms with Crippen molar-refractivity contribution in [2.75, 3.05) is 7.05 Å². The molecule has 0 unspecified atom stereocenters. The molecule has 2 aromatic rings. The molecule has 5 heteroatoms. The third-order valence-electron chi connectivity index (χ3n) is 4.38. The predicted molar refractivity (Wildman–Crippen MR) is 87.1 cm³/mol. The zero-order valence-corrected chi connectivity index (χ0v) is 13.3. The van der Waals surface area contributed by atoms with Crippen LogP contribution in [0.1, 0.15) is 33.8 Å². The molecule has 3 rings (SSSR count). The minimum atomic E-state index is -0.970. The van der Waals surface area contributed by atoms with Gasteiger partial charge < -0.3 is 10.0 Å². The van der Waals surface area contributed by atoms with Crippen LogP contribution in [0.3, 0.4) is 0 Å². The zero-order chi connectivity index (χ0) is 17.3. The molecular formula is C19H18FNO3. The molecule has 0 aromatic heterocycles. The van der Waals surface area contributed by atoms with E-state index in [2.05, 4.69) is 0 Å². The van der Waals surface area contributed by atoms with E-state index in [-0.39, 0.29) is 29.1 Å². The number of amides is 1. The minimum absolute atomic E-state index is 0.0339. The van der Waals surface area contributed by atoms with Crippen LogP contribution < -0.4 is 0 Å². The number of carbonyl (C=O) groups is 2. The topological polar surface area (TPSA) is 57.6 Å². The maximum atomic E-state index is 13.3. The van der Waals surface area contributed by atoms with Gasteiger partial charge in [-0.15, -0.1) is 0 Å². The monoisotopic (exact) mass is 327 g/mol. The van der Waals surface area contributed by atoms with E-state index in [1.807, 2.05) is 6.07 Å². The second-order valence-electron chi connectivity index (χ2n) is 6.20. The van der Waals surface area contributed by atoms with E-state index >= 15 is 0 Å². The van der Waals surface area contributed by atoms with Crippen molar-refractivity contribution in [3.8, 4) is 0 Å².